The van der Waals surface area contributed by atoms with Crippen molar-refractivity contribution in [3.63, 3.8) is 0 Å². The van der Waals surface area contributed by atoms with Crippen molar-refractivity contribution in [1.29, 1.82) is 0 Å². The molecule has 0 spiro atoms. The Morgan fingerprint density at radius 1 is 1.29 bits per heavy atom. The number of halogens is 1. The van der Waals surface area contributed by atoms with Gasteiger partial charge in [-0.25, -0.2) is 4.79 Å². The normalized spacial score (nSPS) is 10.2. The Morgan fingerprint density at radius 2 is 2.00 bits per heavy atom. The van der Waals surface area contributed by atoms with E-state index in [9.17, 15) is 14.9 Å². The summed E-state index contributed by atoms with van der Waals surface area (Å²) in [7, 11) is 0. The van der Waals surface area contributed by atoms with Gasteiger partial charge in [0.05, 0.1) is 10.5 Å². The maximum atomic E-state index is 11.0. The molecular weight excluding hydrogens is 296 g/mol. The first-order valence-corrected chi connectivity index (χ1v) is 6.31. The zero-order valence-corrected chi connectivity index (χ0v) is 11.7. The van der Waals surface area contributed by atoms with Gasteiger partial charge in [-0.1, -0.05) is 17.7 Å². The van der Waals surface area contributed by atoms with Gasteiger partial charge < -0.3 is 10.4 Å². The third-order valence-corrected chi connectivity index (χ3v) is 3.30. The van der Waals surface area contributed by atoms with Crippen LogP contribution >= 0.6 is 11.6 Å². The standard InChI is InChI=1S/C14H11ClN2O4/c1-8-2-4-10(7-11(8)15)16-12-6-9(14(18)19)3-5-13(12)17(20)21/h2-7,16H,1H3,(H,18,19). The number of nitrogens with one attached hydrogen (secondary N) is 1. The predicted molar refractivity (Wildman–Crippen MR) is 79.5 cm³/mol. The molecule has 6 nitrogen and oxygen atoms in total. The second-order valence-electron chi connectivity index (χ2n) is 4.38. The fourth-order valence-corrected chi connectivity index (χ4v) is 1.94. The lowest BCUT2D eigenvalue weighted by Crippen LogP contribution is -2.02. The summed E-state index contributed by atoms with van der Waals surface area (Å²) in [6, 6.07) is 8.65. The number of carboxylic acid groups (broad SMARTS) is 1. The molecule has 0 saturated carbocycles. The fraction of sp³-hybridized carbons (Fsp3) is 0.0714. The Bertz CT molecular complexity index is 731. The Kier molecular flexibility index (Phi) is 4.09. The van der Waals surface area contributed by atoms with E-state index in [4.69, 9.17) is 16.7 Å². The third kappa shape index (κ3) is 3.29. The molecule has 7 heteroatoms. The van der Waals surface area contributed by atoms with Gasteiger partial charge in [0.1, 0.15) is 5.69 Å². The van der Waals surface area contributed by atoms with E-state index in [-0.39, 0.29) is 16.9 Å². The molecule has 0 heterocycles. The van der Waals surface area contributed by atoms with E-state index in [1.165, 1.54) is 12.1 Å². The van der Waals surface area contributed by atoms with Crippen molar-refractivity contribution in [3.8, 4) is 0 Å². The Hall–Kier alpha value is -2.60. The van der Waals surface area contributed by atoms with Crippen LogP contribution in [0.3, 0.4) is 0 Å². The number of nitrogens with zero attached hydrogens (tertiary/aromatic N) is 1. The number of aromatic carboxylic acids is 1. The molecule has 0 bridgehead atoms. The molecule has 0 amide bonds. The average molecular weight is 307 g/mol. The predicted octanol–water partition coefficient (Wildman–Crippen LogP) is 4.00. The summed E-state index contributed by atoms with van der Waals surface area (Å²) in [6.45, 7) is 1.83. The largest absolute Gasteiger partial charge is 0.478 e. The average Bonchev–Trinajstić information content (AvgIpc) is 2.42. The van der Waals surface area contributed by atoms with Crippen LogP contribution in [0.1, 0.15) is 15.9 Å². The molecule has 0 aromatic heterocycles. The number of nitro benzene ring substituents is 1. The van der Waals surface area contributed by atoms with E-state index >= 15 is 0 Å². The first kappa shape index (κ1) is 14.8. The van der Waals surface area contributed by atoms with Gasteiger partial charge in [0.2, 0.25) is 0 Å². The molecule has 0 aliphatic rings. The number of nitro groups is 1. The van der Waals surface area contributed by atoms with Crippen molar-refractivity contribution >= 4 is 34.6 Å². The van der Waals surface area contributed by atoms with Crippen LogP contribution < -0.4 is 5.32 Å². The van der Waals surface area contributed by atoms with Crippen LogP contribution in [0, 0.1) is 17.0 Å². The van der Waals surface area contributed by atoms with Crippen LogP contribution in [0.25, 0.3) is 0 Å². The molecule has 0 unspecified atom stereocenters. The summed E-state index contributed by atoms with van der Waals surface area (Å²) in [5.41, 5.74) is 1.25. The van der Waals surface area contributed by atoms with Gasteiger partial charge in [-0.15, -0.1) is 0 Å². The number of carbonyl (C=O) groups is 1. The summed E-state index contributed by atoms with van der Waals surface area (Å²) in [5.74, 6) is -1.16. The zero-order valence-electron chi connectivity index (χ0n) is 11.0. The molecule has 0 saturated heterocycles. The summed E-state index contributed by atoms with van der Waals surface area (Å²) in [4.78, 5) is 21.4. The highest BCUT2D eigenvalue weighted by molar-refractivity contribution is 6.31. The van der Waals surface area contributed by atoms with Gasteiger partial charge in [-0.3, -0.25) is 10.1 Å². The SMILES string of the molecule is Cc1ccc(Nc2cc(C(=O)O)ccc2[N+](=O)[O-])cc1Cl. The van der Waals surface area contributed by atoms with Crippen molar-refractivity contribution in [2.24, 2.45) is 0 Å². The minimum absolute atomic E-state index is 0.0405. The van der Waals surface area contributed by atoms with E-state index in [1.54, 1.807) is 18.2 Å². The van der Waals surface area contributed by atoms with E-state index in [2.05, 4.69) is 5.32 Å². The van der Waals surface area contributed by atoms with Crippen molar-refractivity contribution in [2.75, 3.05) is 5.32 Å². The molecule has 2 aromatic carbocycles. The van der Waals surface area contributed by atoms with E-state index in [1.807, 2.05) is 6.92 Å². The Balaban J connectivity index is 2.45. The summed E-state index contributed by atoms with van der Waals surface area (Å²) >= 11 is 6.00. The molecule has 2 N–H and O–H groups in total. The lowest BCUT2D eigenvalue weighted by Gasteiger charge is -2.09. The van der Waals surface area contributed by atoms with Crippen LogP contribution in [-0.4, -0.2) is 16.0 Å². The third-order valence-electron chi connectivity index (χ3n) is 2.89. The number of anilines is 2. The van der Waals surface area contributed by atoms with Gasteiger partial charge in [0.25, 0.3) is 5.69 Å². The van der Waals surface area contributed by atoms with Gasteiger partial charge in [-0.05, 0) is 36.8 Å². The van der Waals surface area contributed by atoms with Gasteiger partial charge in [0, 0.05) is 16.8 Å². The maximum absolute atomic E-state index is 11.0. The molecule has 0 atom stereocenters. The molecule has 2 aromatic rings. The van der Waals surface area contributed by atoms with E-state index < -0.39 is 10.9 Å². The lowest BCUT2D eigenvalue weighted by molar-refractivity contribution is -0.383. The van der Waals surface area contributed by atoms with Gasteiger partial charge in [-0.2, -0.15) is 0 Å². The monoisotopic (exact) mass is 306 g/mol. The van der Waals surface area contributed by atoms with Crippen LogP contribution in [0.5, 0.6) is 0 Å². The number of aryl methyl sites for hydroxylation is 1. The second-order valence-corrected chi connectivity index (χ2v) is 4.79. The number of carboxylic acids is 1. The van der Waals surface area contributed by atoms with Crippen LogP contribution in [-0.2, 0) is 0 Å². The molecular formula is C14H11ClN2O4. The smallest absolute Gasteiger partial charge is 0.335 e. The number of rotatable bonds is 4. The van der Waals surface area contributed by atoms with Gasteiger partial charge in [0.15, 0.2) is 0 Å². The lowest BCUT2D eigenvalue weighted by atomic mass is 10.1. The zero-order chi connectivity index (χ0) is 15.6. The Morgan fingerprint density at radius 3 is 2.57 bits per heavy atom. The second kappa shape index (κ2) is 5.80. The van der Waals surface area contributed by atoms with E-state index in [0.717, 1.165) is 11.6 Å². The van der Waals surface area contributed by atoms with Crippen LogP contribution in [0.4, 0.5) is 17.1 Å². The van der Waals surface area contributed by atoms with Crippen LogP contribution in [0.15, 0.2) is 36.4 Å². The van der Waals surface area contributed by atoms with Crippen molar-refractivity contribution < 1.29 is 14.8 Å². The van der Waals surface area contributed by atoms with E-state index in [0.29, 0.717) is 10.7 Å². The van der Waals surface area contributed by atoms with Crippen molar-refractivity contribution in [1.82, 2.24) is 0 Å². The number of hydrogen-bond acceptors (Lipinski definition) is 4. The molecule has 0 fully saturated rings. The highest BCUT2D eigenvalue weighted by Crippen LogP contribution is 2.30. The van der Waals surface area contributed by atoms with Crippen LogP contribution in [0.2, 0.25) is 5.02 Å². The summed E-state index contributed by atoms with van der Waals surface area (Å²) < 4.78 is 0. The summed E-state index contributed by atoms with van der Waals surface area (Å²) in [5, 5.41) is 23.3. The van der Waals surface area contributed by atoms with Crippen molar-refractivity contribution in [3.05, 3.63) is 62.7 Å². The molecule has 0 aliphatic heterocycles. The quantitative estimate of drug-likeness (QED) is 0.658. The minimum atomic E-state index is -1.16. The highest BCUT2D eigenvalue weighted by Gasteiger charge is 2.16. The molecule has 108 valence electrons. The number of hydrogen-bond donors (Lipinski definition) is 2. The Labute approximate surface area is 125 Å². The molecule has 0 aliphatic carbocycles. The highest BCUT2D eigenvalue weighted by atomic mass is 35.5. The molecule has 2 rings (SSSR count). The van der Waals surface area contributed by atoms with Crippen molar-refractivity contribution in [2.45, 2.75) is 6.92 Å². The minimum Gasteiger partial charge on any atom is -0.478 e. The first-order chi connectivity index (χ1) is 9.88. The number of benzene rings is 2. The first-order valence-electron chi connectivity index (χ1n) is 5.93. The summed E-state index contributed by atoms with van der Waals surface area (Å²) in [6.07, 6.45) is 0. The topological polar surface area (TPSA) is 92.5 Å². The fourth-order valence-electron chi connectivity index (χ4n) is 1.75. The molecule has 21 heavy (non-hydrogen) atoms. The maximum Gasteiger partial charge on any atom is 0.335 e. The molecule has 0 radical (unpaired) electrons. The van der Waals surface area contributed by atoms with Gasteiger partial charge >= 0.3 is 5.97 Å².